The van der Waals surface area contributed by atoms with Gasteiger partial charge >= 0.3 is 0 Å². The molecule has 3 aromatic rings. The minimum atomic E-state index is 0.889. The van der Waals surface area contributed by atoms with Crippen molar-refractivity contribution in [2.75, 3.05) is 0 Å². The van der Waals surface area contributed by atoms with Gasteiger partial charge in [0, 0.05) is 6.54 Å². The first kappa shape index (κ1) is 13.9. The van der Waals surface area contributed by atoms with E-state index in [1.165, 1.54) is 38.9 Å². The molecular formula is C19H22N2. The Balaban J connectivity index is 2.14. The van der Waals surface area contributed by atoms with Crippen LogP contribution in [-0.2, 0) is 6.54 Å². The van der Waals surface area contributed by atoms with Crippen molar-refractivity contribution in [3.63, 3.8) is 0 Å². The Labute approximate surface area is 126 Å². The monoisotopic (exact) mass is 278 g/mol. The van der Waals surface area contributed by atoms with Gasteiger partial charge < -0.3 is 4.57 Å². The van der Waals surface area contributed by atoms with Crippen molar-refractivity contribution < 1.29 is 0 Å². The number of nitrogens with zero attached hydrogens (tertiary/aromatic N) is 2. The van der Waals surface area contributed by atoms with Crippen LogP contribution in [-0.4, -0.2) is 9.55 Å². The highest BCUT2D eigenvalue weighted by Crippen LogP contribution is 2.27. The number of benzene rings is 2. The van der Waals surface area contributed by atoms with Gasteiger partial charge in [-0.2, -0.15) is 0 Å². The second kappa shape index (κ2) is 5.03. The fourth-order valence-electron chi connectivity index (χ4n) is 3.12. The van der Waals surface area contributed by atoms with Gasteiger partial charge in [-0.05, 0) is 80.1 Å². The van der Waals surface area contributed by atoms with E-state index in [0.717, 1.165) is 12.1 Å². The maximum atomic E-state index is 4.50. The van der Waals surface area contributed by atoms with Gasteiger partial charge in [0.05, 0.1) is 17.4 Å². The van der Waals surface area contributed by atoms with E-state index >= 15 is 0 Å². The molecule has 0 N–H and O–H groups in total. The van der Waals surface area contributed by atoms with Crippen molar-refractivity contribution in [2.24, 2.45) is 0 Å². The average molecular weight is 278 g/mol. The SMILES string of the molecule is Cc1c(C)c(C)c(Cn2cnc3ccccc32)c(C)c1C. The quantitative estimate of drug-likeness (QED) is 0.668. The molecule has 2 aromatic carbocycles. The van der Waals surface area contributed by atoms with E-state index in [1.54, 1.807) is 0 Å². The molecule has 0 saturated heterocycles. The predicted molar refractivity (Wildman–Crippen MR) is 89.0 cm³/mol. The molecule has 0 spiro atoms. The predicted octanol–water partition coefficient (Wildman–Crippen LogP) is 4.63. The van der Waals surface area contributed by atoms with E-state index in [9.17, 15) is 0 Å². The molecule has 0 aliphatic rings. The molecule has 0 aliphatic heterocycles. The van der Waals surface area contributed by atoms with E-state index in [4.69, 9.17) is 0 Å². The zero-order chi connectivity index (χ0) is 15.1. The molecule has 0 fully saturated rings. The van der Waals surface area contributed by atoms with Gasteiger partial charge in [-0.1, -0.05) is 12.1 Å². The molecule has 0 bridgehead atoms. The molecule has 0 atom stereocenters. The van der Waals surface area contributed by atoms with Crippen LogP contribution in [0.15, 0.2) is 30.6 Å². The molecule has 0 saturated carbocycles. The molecule has 21 heavy (non-hydrogen) atoms. The molecule has 2 nitrogen and oxygen atoms in total. The van der Waals surface area contributed by atoms with E-state index in [0.29, 0.717) is 0 Å². The molecule has 0 aliphatic carbocycles. The van der Waals surface area contributed by atoms with E-state index in [1.807, 2.05) is 12.4 Å². The molecule has 1 heterocycles. The average Bonchev–Trinajstić information content (AvgIpc) is 2.91. The number of para-hydroxylation sites is 2. The lowest BCUT2D eigenvalue weighted by Crippen LogP contribution is -2.07. The van der Waals surface area contributed by atoms with Gasteiger partial charge in [0.2, 0.25) is 0 Å². The molecule has 108 valence electrons. The summed E-state index contributed by atoms with van der Waals surface area (Å²) in [6.07, 6.45) is 1.95. The van der Waals surface area contributed by atoms with Gasteiger partial charge in [-0.15, -0.1) is 0 Å². The summed E-state index contributed by atoms with van der Waals surface area (Å²) in [6.45, 7) is 12.0. The van der Waals surface area contributed by atoms with Crippen molar-refractivity contribution in [1.29, 1.82) is 0 Å². The Kier molecular flexibility index (Phi) is 3.32. The molecule has 0 amide bonds. The minimum Gasteiger partial charge on any atom is -0.326 e. The van der Waals surface area contributed by atoms with E-state index in [-0.39, 0.29) is 0 Å². The first-order chi connectivity index (χ1) is 10.0. The first-order valence-electron chi connectivity index (χ1n) is 7.46. The highest BCUT2D eigenvalue weighted by atomic mass is 15.0. The summed E-state index contributed by atoms with van der Waals surface area (Å²) in [4.78, 5) is 4.50. The topological polar surface area (TPSA) is 17.8 Å². The van der Waals surface area contributed by atoms with Crippen LogP contribution in [0.4, 0.5) is 0 Å². The summed E-state index contributed by atoms with van der Waals surface area (Å²) in [7, 11) is 0. The number of hydrogen-bond acceptors (Lipinski definition) is 1. The number of aromatic nitrogens is 2. The first-order valence-corrected chi connectivity index (χ1v) is 7.46. The summed E-state index contributed by atoms with van der Waals surface area (Å²) in [6, 6.07) is 8.32. The Morgan fingerprint density at radius 3 is 2.05 bits per heavy atom. The molecule has 3 rings (SSSR count). The Hall–Kier alpha value is -2.09. The number of imidazole rings is 1. The van der Waals surface area contributed by atoms with Crippen LogP contribution in [0.1, 0.15) is 33.4 Å². The van der Waals surface area contributed by atoms with Crippen LogP contribution in [0.3, 0.4) is 0 Å². The number of hydrogen-bond donors (Lipinski definition) is 0. The van der Waals surface area contributed by atoms with Crippen LogP contribution in [0.25, 0.3) is 11.0 Å². The normalized spacial score (nSPS) is 11.3. The summed E-state index contributed by atoms with van der Waals surface area (Å²) in [5.74, 6) is 0. The van der Waals surface area contributed by atoms with Gasteiger partial charge in [0.15, 0.2) is 0 Å². The van der Waals surface area contributed by atoms with Gasteiger partial charge in [0.1, 0.15) is 0 Å². The van der Waals surface area contributed by atoms with Crippen LogP contribution < -0.4 is 0 Å². The van der Waals surface area contributed by atoms with E-state index < -0.39 is 0 Å². The zero-order valence-corrected chi connectivity index (χ0v) is 13.5. The highest BCUT2D eigenvalue weighted by Gasteiger charge is 2.13. The van der Waals surface area contributed by atoms with Crippen LogP contribution in [0, 0.1) is 34.6 Å². The minimum absolute atomic E-state index is 0.889. The maximum absolute atomic E-state index is 4.50. The second-order valence-electron chi connectivity index (χ2n) is 5.96. The van der Waals surface area contributed by atoms with Crippen LogP contribution in [0.2, 0.25) is 0 Å². The molecule has 0 radical (unpaired) electrons. The third kappa shape index (κ3) is 2.15. The van der Waals surface area contributed by atoms with Crippen molar-refractivity contribution in [3.05, 3.63) is 64.0 Å². The summed E-state index contributed by atoms with van der Waals surface area (Å²) < 4.78 is 2.25. The molecule has 2 heteroatoms. The van der Waals surface area contributed by atoms with Crippen molar-refractivity contribution in [1.82, 2.24) is 9.55 Å². The van der Waals surface area contributed by atoms with Gasteiger partial charge in [-0.25, -0.2) is 4.98 Å². The lowest BCUT2D eigenvalue weighted by Gasteiger charge is -2.19. The van der Waals surface area contributed by atoms with Gasteiger partial charge in [0.25, 0.3) is 0 Å². The lowest BCUT2D eigenvalue weighted by molar-refractivity contribution is 0.807. The highest BCUT2D eigenvalue weighted by molar-refractivity contribution is 5.75. The van der Waals surface area contributed by atoms with Gasteiger partial charge in [-0.3, -0.25) is 0 Å². The molecule has 1 aromatic heterocycles. The zero-order valence-electron chi connectivity index (χ0n) is 13.5. The lowest BCUT2D eigenvalue weighted by atomic mass is 9.89. The Bertz CT molecular complexity index is 796. The molecule has 0 unspecified atom stereocenters. The van der Waals surface area contributed by atoms with Crippen LogP contribution in [0.5, 0.6) is 0 Å². The molecular weight excluding hydrogens is 256 g/mol. The van der Waals surface area contributed by atoms with Crippen LogP contribution >= 0.6 is 0 Å². The maximum Gasteiger partial charge on any atom is 0.0961 e. The second-order valence-corrected chi connectivity index (χ2v) is 5.96. The summed E-state index contributed by atoms with van der Waals surface area (Å²) >= 11 is 0. The number of rotatable bonds is 2. The van der Waals surface area contributed by atoms with Crippen molar-refractivity contribution in [3.8, 4) is 0 Å². The fraction of sp³-hybridized carbons (Fsp3) is 0.316. The largest absolute Gasteiger partial charge is 0.326 e. The third-order valence-electron chi connectivity index (χ3n) is 5.01. The smallest absolute Gasteiger partial charge is 0.0961 e. The Morgan fingerprint density at radius 1 is 0.810 bits per heavy atom. The van der Waals surface area contributed by atoms with Crippen molar-refractivity contribution >= 4 is 11.0 Å². The van der Waals surface area contributed by atoms with E-state index in [2.05, 4.69) is 62.4 Å². The third-order valence-corrected chi connectivity index (χ3v) is 5.01. The Morgan fingerprint density at radius 2 is 1.38 bits per heavy atom. The standard InChI is InChI=1S/C19H22N2/c1-12-13(2)15(4)17(16(5)14(12)3)10-21-11-20-18-8-6-7-9-19(18)21/h6-9,11H,10H2,1-5H3. The fourth-order valence-corrected chi connectivity index (χ4v) is 3.12. The number of fused-ring (bicyclic) bond motifs is 1. The summed E-state index contributed by atoms with van der Waals surface area (Å²) in [5, 5.41) is 0. The van der Waals surface area contributed by atoms with Crippen molar-refractivity contribution in [2.45, 2.75) is 41.2 Å². The summed E-state index contributed by atoms with van der Waals surface area (Å²) in [5.41, 5.74) is 10.8.